The van der Waals surface area contributed by atoms with Crippen LogP contribution in [0.3, 0.4) is 0 Å². The van der Waals surface area contributed by atoms with Gasteiger partial charge in [0.25, 0.3) is 0 Å². The molecule has 0 aliphatic heterocycles. The number of hydrogen-bond donors (Lipinski definition) is 1. The normalized spacial score (nSPS) is 51.5. The fourth-order valence-electron chi connectivity index (χ4n) is 10.8. The van der Waals surface area contributed by atoms with Crippen molar-refractivity contribution >= 4 is 11.6 Å². The van der Waals surface area contributed by atoms with Crippen molar-refractivity contribution in [3.63, 3.8) is 0 Å². The van der Waals surface area contributed by atoms with Crippen LogP contribution in [-0.4, -0.2) is 12.1 Å². The Morgan fingerprint density at radius 1 is 0.800 bits per heavy atom. The van der Waals surface area contributed by atoms with Gasteiger partial charge in [0.05, 0.1) is 12.1 Å². The van der Waals surface area contributed by atoms with Crippen LogP contribution in [0.5, 0.6) is 0 Å². The molecule has 8 fully saturated rings. The third-order valence-corrected chi connectivity index (χ3v) is 11.6. The largest absolute Gasteiger partial charge is 0.341 e. The second-order valence-corrected chi connectivity index (χ2v) is 13.5. The first-order chi connectivity index (χ1) is 14.5. The molecule has 0 heterocycles. The zero-order chi connectivity index (χ0) is 20.1. The van der Waals surface area contributed by atoms with E-state index in [1.54, 1.807) is 37.7 Å². The van der Waals surface area contributed by atoms with E-state index >= 15 is 0 Å². The molecule has 0 aromatic heterocycles. The van der Waals surface area contributed by atoms with Gasteiger partial charge in [-0.05, 0) is 124 Å². The van der Waals surface area contributed by atoms with Gasteiger partial charge in [-0.1, -0.05) is 23.7 Å². The van der Waals surface area contributed by atoms with Crippen LogP contribution < -0.4 is 5.32 Å². The van der Waals surface area contributed by atoms with E-state index in [1.807, 2.05) is 0 Å². The Balaban J connectivity index is 1.17. The van der Waals surface area contributed by atoms with Gasteiger partial charge in [-0.2, -0.15) is 0 Å². The van der Waals surface area contributed by atoms with Crippen LogP contribution in [0, 0.1) is 40.9 Å². The second-order valence-electron chi connectivity index (χ2n) is 13.1. The van der Waals surface area contributed by atoms with Gasteiger partial charge in [-0.25, -0.2) is 0 Å². The van der Waals surface area contributed by atoms with Gasteiger partial charge in [0.2, 0.25) is 0 Å². The number of halogens is 1. The average Bonchev–Trinajstić information content (AvgIpc) is 2.69. The summed E-state index contributed by atoms with van der Waals surface area (Å²) in [6.45, 7) is 2.65. The van der Waals surface area contributed by atoms with Gasteiger partial charge in [-0.15, -0.1) is 0 Å². The lowest BCUT2D eigenvalue weighted by molar-refractivity contribution is -0.749. The summed E-state index contributed by atoms with van der Waals surface area (Å²) in [7, 11) is 0. The van der Waals surface area contributed by atoms with Gasteiger partial charge >= 0.3 is 0 Å². The summed E-state index contributed by atoms with van der Waals surface area (Å²) in [5.74, 6) is 6.22. The SMILES string of the molecule is C[C@H]([NH2+]C1C2CC3CC(C2)CC1C3)C12C[C@@H]3C[C@@H](CC(c4ccc(Cl)cc4)(C3)C1)C2. The molecule has 8 aliphatic carbocycles. The number of nitrogens with two attached hydrogens (primary N) is 1. The molecule has 0 spiro atoms. The van der Waals surface area contributed by atoms with Crippen LogP contribution in [0.15, 0.2) is 24.3 Å². The predicted octanol–water partition coefficient (Wildman–Crippen LogP) is 5.95. The molecule has 0 saturated heterocycles. The van der Waals surface area contributed by atoms with Gasteiger partial charge in [0.1, 0.15) is 0 Å². The topological polar surface area (TPSA) is 16.6 Å². The standard InChI is InChI=1S/C28H38ClN/c1-17(30-26-22-8-18-6-19(10-22)11-23(26)9-18)27-12-20-7-21(13-27)15-28(14-20,16-27)24-2-4-25(29)5-3-24/h2-5,17-23,26,30H,6-16H2,1H3/p+1/t17-,18?,19?,20-,21+,22?,23?,26?,27?,28?/m0/s1. The summed E-state index contributed by atoms with van der Waals surface area (Å²) >= 11 is 6.26. The minimum atomic E-state index is 0.445. The van der Waals surface area contributed by atoms with E-state index in [1.165, 1.54) is 38.5 Å². The highest BCUT2D eigenvalue weighted by atomic mass is 35.5. The maximum Gasteiger partial charge on any atom is 0.0918 e. The Kier molecular flexibility index (Phi) is 4.12. The molecule has 1 aromatic rings. The van der Waals surface area contributed by atoms with Crippen molar-refractivity contribution in [1.82, 2.24) is 0 Å². The molecule has 2 N–H and O–H groups in total. The van der Waals surface area contributed by atoms with E-state index in [0.29, 0.717) is 10.8 Å². The summed E-state index contributed by atoms with van der Waals surface area (Å²) in [4.78, 5) is 0. The molecule has 8 aliphatic rings. The van der Waals surface area contributed by atoms with E-state index in [4.69, 9.17) is 11.6 Å². The lowest BCUT2D eigenvalue weighted by Gasteiger charge is -2.64. The van der Waals surface area contributed by atoms with E-state index in [9.17, 15) is 0 Å². The third-order valence-electron chi connectivity index (χ3n) is 11.3. The molecule has 0 amide bonds. The molecule has 30 heavy (non-hydrogen) atoms. The first-order valence-electron chi connectivity index (χ1n) is 13.1. The molecular formula is C28H39ClN+. The van der Waals surface area contributed by atoms with Gasteiger partial charge in [-0.3, -0.25) is 0 Å². The number of rotatable bonds is 4. The van der Waals surface area contributed by atoms with E-state index in [0.717, 1.165) is 52.6 Å². The Labute approximate surface area is 187 Å². The monoisotopic (exact) mass is 424 g/mol. The molecule has 2 unspecified atom stereocenters. The van der Waals surface area contributed by atoms with E-state index in [-0.39, 0.29) is 0 Å². The van der Waals surface area contributed by atoms with Crippen LogP contribution >= 0.6 is 11.6 Å². The number of benzene rings is 1. The van der Waals surface area contributed by atoms with E-state index in [2.05, 4.69) is 36.5 Å². The van der Waals surface area contributed by atoms with Crippen LogP contribution in [0.4, 0.5) is 0 Å². The molecule has 2 heteroatoms. The van der Waals surface area contributed by atoms with Crippen LogP contribution in [0.2, 0.25) is 5.02 Å². The van der Waals surface area contributed by atoms with Crippen molar-refractivity contribution in [2.24, 2.45) is 40.9 Å². The van der Waals surface area contributed by atoms with Gasteiger partial charge in [0.15, 0.2) is 0 Å². The lowest BCUT2D eigenvalue weighted by atomic mass is 9.41. The first kappa shape index (κ1) is 19.0. The quantitative estimate of drug-likeness (QED) is 0.614. The van der Waals surface area contributed by atoms with Crippen molar-refractivity contribution in [2.45, 2.75) is 95.1 Å². The molecular weight excluding hydrogens is 386 g/mol. The Bertz CT molecular complexity index is 786. The number of quaternary nitrogens is 1. The zero-order valence-corrected chi connectivity index (χ0v) is 19.4. The highest BCUT2D eigenvalue weighted by Gasteiger charge is 2.61. The lowest BCUT2D eigenvalue weighted by Crippen LogP contribution is -3.00. The fraction of sp³-hybridized carbons (Fsp3) is 0.786. The molecule has 0 radical (unpaired) electrons. The Morgan fingerprint density at radius 3 is 1.97 bits per heavy atom. The third kappa shape index (κ3) is 2.76. The number of hydrogen-bond acceptors (Lipinski definition) is 0. The smallest absolute Gasteiger partial charge is 0.0918 e. The zero-order valence-electron chi connectivity index (χ0n) is 18.7. The van der Waals surface area contributed by atoms with Crippen molar-refractivity contribution in [3.05, 3.63) is 34.9 Å². The highest BCUT2D eigenvalue weighted by Crippen LogP contribution is 2.66. The van der Waals surface area contributed by atoms with Crippen LogP contribution in [0.25, 0.3) is 0 Å². The molecule has 1 nitrogen and oxygen atoms in total. The minimum Gasteiger partial charge on any atom is -0.341 e. The van der Waals surface area contributed by atoms with Crippen molar-refractivity contribution in [2.75, 3.05) is 0 Å². The fourth-order valence-corrected chi connectivity index (χ4v) is 11.0. The summed E-state index contributed by atoms with van der Waals surface area (Å²) in [6, 6.07) is 10.8. The van der Waals surface area contributed by atoms with Gasteiger partial charge in [0, 0.05) is 22.3 Å². The minimum absolute atomic E-state index is 0.445. The summed E-state index contributed by atoms with van der Waals surface area (Å²) < 4.78 is 0. The average molecular weight is 425 g/mol. The molecule has 162 valence electrons. The van der Waals surface area contributed by atoms with E-state index < -0.39 is 0 Å². The van der Waals surface area contributed by atoms with Crippen LogP contribution in [-0.2, 0) is 5.41 Å². The molecule has 8 bridgehead atoms. The van der Waals surface area contributed by atoms with Gasteiger partial charge < -0.3 is 5.32 Å². The second kappa shape index (κ2) is 6.50. The summed E-state index contributed by atoms with van der Waals surface area (Å²) in [6.07, 6.45) is 16.7. The summed E-state index contributed by atoms with van der Waals surface area (Å²) in [5, 5.41) is 3.86. The molecule has 5 atom stereocenters. The molecule has 8 saturated carbocycles. The first-order valence-corrected chi connectivity index (χ1v) is 13.5. The van der Waals surface area contributed by atoms with Crippen LogP contribution in [0.1, 0.15) is 83.1 Å². The molecule has 9 rings (SSSR count). The maximum absolute atomic E-state index is 6.26. The molecule has 1 aromatic carbocycles. The summed E-state index contributed by atoms with van der Waals surface area (Å²) in [5.41, 5.74) is 2.63. The Hall–Kier alpha value is -0.530. The predicted molar refractivity (Wildman–Crippen MR) is 122 cm³/mol. The van der Waals surface area contributed by atoms with Crippen molar-refractivity contribution in [1.29, 1.82) is 0 Å². The Morgan fingerprint density at radius 2 is 1.37 bits per heavy atom. The highest BCUT2D eigenvalue weighted by molar-refractivity contribution is 6.30. The van der Waals surface area contributed by atoms with Crippen molar-refractivity contribution < 1.29 is 5.32 Å². The van der Waals surface area contributed by atoms with Crippen molar-refractivity contribution in [3.8, 4) is 0 Å². The maximum atomic E-state index is 6.26.